The van der Waals surface area contributed by atoms with Crippen molar-refractivity contribution in [2.45, 2.75) is 26.3 Å². The second-order valence-electron chi connectivity index (χ2n) is 4.73. The second-order valence-corrected chi connectivity index (χ2v) is 4.73. The zero-order chi connectivity index (χ0) is 13.1. The first-order valence-corrected chi connectivity index (χ1v) is 6.36. The smallest absolute Gasteiger partial charge is 0.242 e. The molecule has 1 amide bonds. The molecule has 1 aliphatic heterocycles. The van der Waals surface area contributed by atoms with Gasteiger partial charge in [-0.1, -0.05) is 12.1 Å². The lowest BCUT2D eigenvalue weighted by atomic mass is 10.0. The largest absolute Gasteiger partial charge is 0.396 e. The van der Waals surface area contributed by atoms with Crippen molar-refractivity contribution in [2.24, 2.45) is 0 Å². The van der Waals surface area contributed by atoms with Crippen molar-refractivity contribution >= 4 is 11.6 Å². The van der Waals surface area contributed by atoms with Crippen molar-refractivity contribution in [1.29, 1.82) is 0 Å². The number of carbonyl (C=O) groups is 1. The Morgan fingerprint density at radius 2 is 2.22 bits per heavy atom. The lowest BCUT2D eigenvalue weighted by Crippen LogP contribution is -2.56. The molecule has 1 fully saturated rings. The third-order valence-electron chi connectivity index (χ3n) is 3.62. The fraction of sp³-hybridized carbons (Fsp3) is 0.500. The Balaban J connectivity index is 2.34. The molecule has 98 valence electrons. The molecule has 2 N–H and O–H groups in total. The van der Waals surface area contributed by atoms with Gasteiger partial charge in [-0.25, -0.2) is 0 Å². The molecule has 1 aliphatic rings. The first-order chi connectivity index (χ1) is 8.65. The number of aryl methyl sites for hydroxylation is 1. The number of rotatable bonds is 3. The minimum absolute atomic E-state index is 0.0104. The minimum Gasteiger partial charge on any atom is -0.396 e. The van der Waals surface area contributed by atoms with Gasteiger partial charge in [0.1, 0.15) is 6.04 Å². The molecule has 1 heterocycles. The van der Waals surface area contributed by atoms with Crippen LogP contribution in [0.25, 0.3) is 0 Å². The van der Waals surface area contributed by atoms with E-state index in [1.165, 1.54) is 11.1 Å². The Labute approximate surface area is 108 Å². The van der Waals surface area contributed by atoms with Crippen LogP contribution in [0.5, 0.6) is 0 Å². The number of piperazine rings is 1. The maximum atomic E-state index is 11.9. The summed E-state index contributed by atoms with van der Waals surface area (Å²) in [7, 11) is 0. The van der Waals surface area contributed by atoms with Gasteiger partial charge < -0.3 is 15.3 Å². The highest BCUT2D eigenvalue weighted by Crippen LogP contribution is 2.26. The Bertz CT molecular complexity index is 445. The fourth-order valence-electron chi connectivity index (χ4n) is 2.46. The summed E-state index contributed by atoms with van der Waals surface area (Å²) < 4.78 is 0. The van der Waals surface area contributed by atoms with Crippen LogP contribution >= 0.6 is 0 Å². The van der Waals surface area contributed by atoms with Gasteiger partial charge in [0.15, 0.2) is 0 Å². The molecule has 0 bridgehead atoms. The van der Waals surface area contributed by atoms with Gasteiger partial charge in [-0.2, -0.15) is 0 Å². The summed E-state index contributed by atoms with van der Waals surface area (Å²) in [5.41, 5.74) is 3.53. The van der Waals surface area contributed by atoms with E-state index in [1.807, 2.05) is 12.1 Å². The van der Waals surface area contributed by atoms with Gasteiger partial charge >= 0.3 is 0 Å². The number of amides is 1. The minimum atomic E-state index is -0.260. The number of hydrogen-bond acceptors (Lipinski definition) is 3. The van der Waals surface area contributed by atoms with Crippen LogP contribution in [0, 0.1) is 13.8 Å². The van der Waals surface area contributed by atoms with E-state index in [0.29, 0.717) is 13.0 Å². The van der Waals surface area contributed by atoms with Crippen LogP contribution in [0.2, 0.25) is 0 Å². The molecule has 1 aromatic rings. The van der Waals surface area contributed by atoms with E-state index in [9.17, 15) is 4.79 Å². The quantitative estimate of drug-likeness (QED) is 0.838. The van der Waals surface area contributed by atoms with Crippen molar-refractivity contribution in [2.75, 3.05) is 24.6 Å². The van der Waals surface area contributed by atoms with Gasteiger partial charge in [-0.05, 0) is 37.5 Å². The van der Waals surface area contributed by atoms with Gasteiger partial charge in [-0.15, -0.1) is 0 Å². The number of nitrogens with one attached hydrogen (secondary N) is 1. The van der Waals surface area contributed by atoms with E-state index < -0.39 is 0 Å². The summed E-state index contributed by atoms with van der Waals surface area (Å²) >= 11 is 0. The van der Waals surface area contributed by atoms with Crippen molar-refractivity contribution in [3.05, 3.63) is 29.3 Å². The van der Waals surface area contributed by atoms with Crippen molar-refractivity contribution in [3.63, 3.8) is 0 Å². The summed E-state index contributed by atoms with van der Waals surface area (Å²) in [5.74, 6) is 0.0104. The third-order valence-corrected chi connectivity index (χ3v) is 3.62. The van der Waals surface area contributed by atoms with Crippen LogP contribution < -0.4 is 10.2 Å². The van der Waals surface area contributed by atoms with E-state index in [1.54, 1.807) is 0 Å². The number of nitrogens with zero attached hydrogens (tertiary/aromatic N) is 1. The summed E-state index contributed by atoms with van der Waals surface area (Å²) in [4.78, 5) is 14.0. The van der Waals surface area contributed by atoms with E-state index in [2.05, 4.69) is 30.1 Å². The summed E-state index contributed by atoms with van der Waals surface area (Å²) in [5, 5.41) is 12.0. The number of aliphatic hydroxyl groups is 1. The van der Waals surface area contributed by atoms with Gasteiger partial charge in [0.2, 0.25) is 5.91 Å². The SMILES string of the molecule is Cc1cccc(N2CCNC(=O)C2CCO)c1C. The van der Waals surface area contributed by atoms with E-state index in [4.69, 9.17) is 5.11 Å². The van der Waals surface area contributed by atoms with Crippen LogP contribution in [0.3, 0.4) is 0 Å². The highest BCUT2D eigenvalue weighted by Gasteiger charge is 2.30. The van der Waals surface area contributed by atoms with Crippen molar-refractivity contribution in [3.8, 4) is 0 Å². The molecule has 0 aliphatic carbocycles. The Morgan fingerprint density at radius 1 is 1.44 bits per heavy atom. The molecule has 1 atom stereocenters. The molecule has 1 saturated heterocycles. The molecule has 4 heteroatoms. The van der Waals surface area contributed by atoms with Gasteiger partial charge in [0.25, 0.3) is 0 Å². The number of hydrogen-bond donors (Lipinski definition) is 2. The number of anilines is 1. The maximum absolute atomic E-state index is 11.9. The number of aliphatic hydroxyl groups excluding tert-OH is 1. The van der Waals surface area contributed by atoms with Crippen LogP contribution in [0.4, 0.5) is 5.69 Å². The highest BCUT2D eigenvalue weighted by atomic mass is 16.3. The Kier molecular flexibility index (Phi) is 3.87. The summed E-state index contributed by atoms with van der Waals surface area (Å²) in [6, 6.07) is 5.87. The third kappa shape index (κ3) is 2.34. The van der Waals surface area contributed by atoms with Crippen LogP contribution in [0.15, 0.2) is 18.2 Å². The van der Waals surface area contributed by atoms with Crippen molar-refractivity contribution < 1.29 is 9.90 Å². The van der Waals surface area contributed by atoms with Gasteiger partial charge in [0, 0.05) is 25.4 Å². The standard InChI is InChI=1S/C14H20N2O2/c1-10-4-3-5-12(11(10)2)16-8-7-15-14(18)13(16)6-9-17/h3-5,13,17H,6-9H2,1-2H3,(H,15,18). The molecular formula is C14H20N2O2. The summed E-state index contributed by atoms with van der Waals surface area (Å²) in [6.45, 7) is 5.63. The lowest BCUT2D eigenvalue weighted by Gasteiger charge is -2.37. The molecule has 0 aromatic heterocycles. The molecule has 18 heavy (non-hydrogen) atoms. The van der Waals surface area contributed by atoms with Crippen LogP contribution in [-0.4, -0.2) is 36.8 Å². The Hall–Kier alpha value is -1.55. The monoisotopic (exact) mass is 248 g/mol. The topological polar surface area (TPSA) is 52.6 Å². The molecule has 0 spiro atoms. The molecular weight excluding hydrogens is 228 g/mol. The predicted molar refractivity (Wildman–Crippen MR) is 71.8 cm³/mol. The highest BCUT2D eigenvalue weighted by molar-refractivity contribution is 5.87. The molecule has 1 aromatic carbocycles. The molecule has 1 unspecified atom stereocenters. The maximum Gasteiger partial charge on any atom is 0.242 e. The van der Waals surface area contributed by atoms with Crippen LogP contribution in [-0.2, 0) is 4.79 Å². The summed E-state index contributed by atoms with van der Waals surface area (Å²) in [6.07, 6.45) is 0.471. The molecule has 2 rings (SSSR count). The average molecular weight is 248 g/mol. The van der Waals surface area contributed by atoms with E-state index >= 15 is 0 Å². The fourth-order valence-corrected chi connectivity index (χ4v) is 2.46. The number of carbonyl (C=O) groups excluding carboxylic acids is 1. The number of benzene rings is 1. The Morgan fingerprint density at radius 3 is 2.94 bits per heavy atom. The van der Waals surface area contributed by atoms with Gasteiger partial charge in [-0.3, -0.25) is 4.79 Å². The normalized spacial score (nSPS) is 19.8. The van der Waals surface area contributed by atoms with E-state index in [-0.39, 0.29) is 18.6 Å². The first-order valence-electron chi connectivity index (χ1n) is 6.36. The average Bonchev–Trinajstić information content (AvgIpc) is 2.36. The first kappa shape index (κ1) is 12.9. The molecule has 0 saturated carbocycles. The molecule has 4 nitrogen and oxygen atoms in total. The zero-order valence-electron chi connectivity index (χ0n) is 10.9. The van der Waals surface area contributed by atoms with Gasteiger partial charge in [0.05, 0.1) is 0 Å². The van der Waals surface area contributed by atoms with E-state index in [0.717, 1.165) is 12.2 Å². The van der Waals surface area contributed by atoms with Crippen LogP contribution in [0.1, 0.15) is 17.5 Å². The lowest BCUT2D eigenvalue weighted by molar-refractivity contribution is -0.123. The zero-order valence-corrected chi connectivity index (χ0v) is 10.9. The predicted octanol–water partition coefficient (Wildman–Crippen LogP) is 0.991. The van der Waals surface area contributed by atoms with Crippen molar-refractivity contribution in [1.82, 2.24) is 5.32 Å². The second kappa shape index (κ2) is 5.40. The molecule has 0 radical (unpaired) electrons.